The number of para-hydroxylation sites is 1. The van der Waals surface area contributed by atoms with Crippen LogP contribution < -0.4 is 4.90 Å². The van der Waals surface area contributed by atoms with Crippen LogP contribution in [0.2, 0.25) is 0 Å². The van der Waals surface area contributed by atoms with Gasteiger partial charge in [-0.1, -0.05) is 18.2 Å². The van der Waals surface area contributed by atoms with Gasteiger partial charge in [-0.15, -0.1) is 0 Å². The largest absolute Gasteiger partial charge is 0.379 e. The number of anilines is 1. The van der Waals surface area contributed by atoms with Crippen molar-refractivity contribution in [2.75, 3.05) is 51.3 Å². The molecule has 1 aromatic heterocycles. The zero-order chi connectivity index (χ0) is 26.4. The zero-order valence-corrected chi connectivity index (χ0v) is 22.1. The Morgan fingerprint density at radius 2 is 1.76 bits per heavy atom. The number of benzene rings is 2. The van der Waals surface area contributed by atoms with Gasteiger partial charge in [0, 0.05) is 67.0 Å². The summed E-state index contributed by atoms with van der Waals surface area (Å²) in [7, 11) is -2.03. The fraction of sp³-hybridized carbons (Fsp3) is 0.357. The summed E-state index contributed by atoms with van der Waals surface area (Å²) in [4.78, 5) is 29.8. The first-order chi connectivity index (χ1) is 18.3. The number of carbonyl (C=O) groups is 2. The van der Waals surface area contributed by atoms with Gasteiger partial charge >= 0.3 is 0 Å². The molecule has 0 radical (unpaired) electrons. The Hall–Kier alpha value is -3.47. The van der Waals surface area contributed by atoms with Crippen LogP contribution in [0.25, 0.3) is 22.6 Å². The molecular weight excluding hydrogens is 504 g/mol. The number of fused-ring (bicyclic) bond motifs is 2. The number of morpholine rings is 1. The first kappa shape index (κ1) is 24.8. The highest BCUT2D eigenvalue weighted by Crippen LogP contribution is 2.39. The Kier molecular flexibility index (Phi) is 6.33. The van der Waals surface area contributed by atoms with E-state index in [1.54, 1.807) is 30.1 Å². The zero-order valence-electron chi connectivity index (χ0n) is 21.3. The first-order valence-corrected chi connectivity index (χ1v) is 14.4. The number of aromatic nitrogens is 1. The van der Waals surface area contributed by atoms with Gasteiger partial charge in [0.25, 0.3) is 5.91 Å². The van der Waals surface area contributed by atoms with Crippen LogP contribution in [0.15, 0.2) is 53.6 Å². The molecule has 0 spiro atoms. The van der Waals surface area contributed by atoms with Crippen molar-refractivity contribution in [2.45, 2.75) is 24.3 Å². The van der Waals surface area contributed by atoms with E-state index in [-0.39, 0.29) is 23.3 Å². The predicted octanol–water partition coefficient (Wildman–Crippen LogP) is 2.80. The van der Waals surface area contributed by atoms with Crippen LogP contribution in [0.3, 0.4) is 0 Å². The summed E-state index contributed by atoms with van der Waals surface area (Å²) in [5.41, 5.74) is 3.39. The van der Waals surface area contributed by atoms with Crippen LogP contribution in [0.4, 0.5) is 5.69 Å². The molecular formula is C28H30N4O5S. The summed E-state index contributed by atoms with van der Waals surface area (Å²) in [6, 6.07) is 12.7. The summed E-state index contributed by atoms with van der Waals surface area (Å²) >= 11 is 0. The topological polar surface area (TPSA) is 92.2 Å². The van der Waals surface area contributed by atoms with Crippen molar-refractivity contribution in [3.8, 4) is 0 Å². The van der Waals surface area contributed by atoms with E-state index >= 15 is 0 Å². The SMILES string of the molecule is CN1C(=O)C(=Cc2cn(CC(=O)N3CCCC3)c3ccccc23)c2cc(S(=O)(=O)N3CCOCC3)ccc21. The Morgan fingerprint density at radius 3 is 2.53 bits per heavy atom. The van der Waals surface area contributed by atoms with Crippen LogP contribution in [-0.4, -0.2) is 80.4 Å². The molecule has 38 heavy (non-hydrogen) atoms. The third kappa shape index (κ3) is 4.22. The number of likely N-dealkylation sites (tertiary alicyclic amines) is 1. The average molecular weight is 535 g/mol. The lowest BCUT2D eigenvalue weighted by Crippen LogP contribution is -2.40. The van der Waals surface area contributed by atoms with Crippen molar-refractivity contribution >= 4 is 50.1 Å². The minimum atomic E-state index is -3.72. The maximum atomic E-state index is 13.3. The Bertz CT molecular complexity index is 1560. The van der Waals surface area contributed by atoms with Crippen LogP contribution in [0, 0.1) is 0 Å². The highest BCUT2D eigenvalue weighted by Gasteiger charge is 2.33. The summed E-state index contributed by atoms with van der Waals surface area (Å²) < 4.78 is 35.3. The van der Waals surface area contributed by atoms with Gasteiger partial charge < -0.3 is 19.1 Å². The number of likely N-dealkylation sites (N-methyl/N-ethyl adjacent to an activating group) is 1. The number of carbonyl (C=O) groups excluding carboxylic acids is 2. The van der Waals surface area contributed by atoms with Gasteiger partial charge in [-0.25, -0.2) is 8.42 Å². The van der Waals surface area contributed by atoms with Crippen LogP contribution in [0.5, 0.6) is 0 Å². The quantitative estimate of drug-likeness (QED) is 0.470. The highest BCUT2D eigenvalue weighted by atomic mass is 32.2. The van der Waals surface area contributed by atoms with Gasteiger partial charge in [0.05, 0.1) is 23.8 Å². The van der Waals surface area contributed by atoms with E-state index < -0.39 is 10.0 Å². The molecule has 2 saturated heterocycles. The molecule has 3 aliphatic heterocycles. The van der Waals surface area contributed by atoms with Crippen LogP contribution in [0.1, 0.15) is 24.0 Å². The standard InChI is InChI=1S/C28H30N4O5S/c1-29-25-9-8-21(38(35,36)32-12-14-37-15-13-32)17-23(25)24(28(29)34)16-20-18-31(26-7-3-2-6-22(20)26)19-27(33)30-10-4-5-11-30/h2-3,6-9,16-18H,4-5,10-15,19H2,1H3. The molecule has 2 fully saturated rings. The number of sulfonamides is 1. The average Bonchev–Trinajstić information content (AvgIpc) is 3.65. The van der Waals surface area contributed by atoms with Crippen molar-refractivity contribution < 1.29 is 22.7 Å². The molecule has 198 valence electrons. The third-order valence-electron chi connectivity index (χ3n) is 7.65. The lowest BCUT2D eigenvalue weighted by molar-refractivity contribution is -0.130. The van der Waals surface area contributed by atoms with Crippen molar-refractivity contribution in [1.82, 2.24) is 13.8 Å². The van der Waals surface area contributed by atoms with Gasteiger partial charge in [-0.2, -0.15) is 4.31 Å². The van der Waals surface area contributed by atoms with Crippen molar-refractivity contribution in [3.63, 3.8) is 0 Å². The highest BCUT2D eigenvalue weighted by molar-refractivity contribution is 7.89. The normalized spacial score (nSPS) is 19.6. The van der Waals surface area contributed by atoms with Gasteiger partial charge in [-0.05, 0) is 43.2 Å². The molecule has 0 bridgehead atoms. The number of ether oxygens (including phenoxy) is 1. The molecule has 6 rings (SSSR count). The molecule has 9 nitrogen and oxygen atoms in total. The van der Waals surface area contributed by atoms with E-state index in [0.717, 1.165) is 42.4 Å². The number of hydrogen-bond acceptors (Lipinski definition) is 5. The molecule has 2 amide bonds. The summed E-state index contributed by atoms with van der Waals surface area (Å²) in [6.45, 7) is 3.15. The number of nitrogens with zero attached hydrogens (tertiary/aromatic N) is 4. The molecule has 2 aromatic carbocycles. The second-order valence-electron chi connectivity index (χ2n) is 9.93. The monoisotopic (exact) mass is 534 g/mol. The Balaban J connectivity index is 1.40. The smallest absolute Gasteiger partial charge is 0.258 e. The lowest BCUT2D eigenvalue weighted by atomic mass is 10.0. The number of amides is 2. The van der Waals surface area contributed by atoms with E-state index in [0.29, 0.717) is 43.1 Å². The molecule has 0 aliphatic carbocycles. The maximum absolute atomic E-state index is 13.3. The summed E-state index contributed by atoms with van der Waals surface area (Å²) in [5, 5.41) is 0.926. The van der Waals surface area contributed by atoms with Crippen LogP contribution >= 0.6 is 0 Å². The fourth-order valence-corrected chi connectivity index (χ4v) is 6.99. The van der Waals surface area contributed by atoms with Crippen LogP contribution in [-0.2, 0) is 30.9 Å². The number of rotatable bonds is 5. The van der Waals surface area contributed by atoms with Gasteiger partial charge in [-0.3, -0.25) is 9.59 Å². The molecule has 3 aliphatic rings. The van der Waals surface area contributed by atoms with E-state index in [4.69, 9.17) is 4.74 Å². The van der Waals surface area contributed by atoms with Gasteiger partial charge in [0.2, 0.25) is 15.9 Å². The fourth-order valence-electron chi connectivity index (χ4n) is 5.55. The minimum Gasteiger partial charge on any atom is -0.379 e. The second kappa shape index (κ2) is 9.68. The maximum Gasteiger partial charge on any atom is 0.258 e. The molecule has 0 atom stereocenters. The van der Waals surface area contributed by atoms with Gasteiger partial charge in [0.15, 0.2) is 0 Å². The van der Waals surface area contributed by atoms with E-state index in [2.05, 4.69) is 0 Å². The molecule has 10 heteroatoms. The lowest BCUT2D eigenvalue weighted by Gasteiger charge is -2.26. The number of hydrogen-bond donors (Lipinski definition) is 0. The second-order valence-corrected chi connectivity index (χ2v) is 11.9. The predicted molar refractivity (Wildman–Crippen MR) is 145 cm³/mol. The Labute approximate surface area is 221 Å². The van der Waals surface area contributed by atoms with Crippen molar-refractivity contribution in [1.29, 1.82) is 0 Å². The summed E-state index contributed by atoms with van der Waals surface area (Å²) in [6.07, 6.45) is 5.79. The molecule has 3 aromatic rings. The molecule has 0 unspecified atom stereocenters. The Morgan fingerprint density at radius 1 is 1.03 bits per heavy atom. The molecule has 0 N–H and O–H groups in total. The molecule has 4 heterocycles. The van der Waals surface area contributed by atoms with E-state index in [9.17, 15) is 18.0 Å². The van der Waals surface area contributed by atoms with E-state index in [1.807, 2.05) is 46.0 Å². The van der Waals surface area contributed by atoms with E-state index in [1.165, 1.54) is 4.31 Å². The van der Waals surface area contributed by atoms with Crippen molar-refractivity contribution in [2.24, 2.45) is 0 Å². The first-order valence-electron chi connectivity index (χ1n) is 12.9. The van der Waals surface area contributed by atoms with Crippen molar-refractivity contribution in [3.05, 3.63) is 59.8 Å². The minimum absolute atomic E-state index is 0.0856. The van der Waals surface area contributed by atoms with Gasteiger partial charge in [0.1, 0.15) is 6.54 Å². The third-order valence-corrected chi connectivity index (χ3v) is 9.54. The summed E-state index contributed by atoms with van der Waals surface area (Å²) in [5.74, 6) is -0.117. The molecule has 0 saturated carbocycles.